The molecule has 0 saturated carbocycles. The molecule has 1 heterocycles. The third kappa shape index (κ3) is 3.88. The highest BCUT2D eigenvalue weighted by Gasteiger charge is 2.14. The largest absolute Gasteiger partial charge is 0.333 e. The van der Waals surface area contributed by atoms with Crippen LogP contribution in [0.5, 0.6) is 0 Å². The van der Waals surface area contributed by atoms with Gasteiger partial charge in [-0.05, 0) is 37.1 Å². The van der Waals surface area contributed by atoms with Gasteiger partial charge in [0.1, 0.15) is 5.52 Å². The van der Waals surface area contributed by atoms with Crippen LogP contribution in [-0.4, -0.2) is 27.1 Å². The predicted molar refractivity (Wildman–Crippen MR) is 101 cm³/mol. The Balaban J connectivity index is 1.72. The summed E-state index contributed by atoms with van der Waals surface area (Å²) in [7, 11) is 0. The molecule has 3 rings (SSSR count). The van der Waals surface area contributed by atoms with Gasteiger partial charge in [0.05, 0.1) is 18.0 Å². The first kappa shape index (κ1) is 17.6. The number of hydrogen-bond acceptors (Lipinski definition) is 4. The topological polar surface area (TPSA) is 88.9 Å². The molecule has 0 bridgehead atoms. The zero-order valence-corrected chi connectivity index (χ0v) is 14.8. The van der Waals surface area contributed by atoms with Gasteiger partial charge in [-0.3, -0.25) is 4.79 Å². The third-order valence-corrected chi connectivity index (χ3v) is 4.24. The van der Waals surface area contributed by atoms with Crippen LogP contribution in [0.3, 0.4) is 0 Å². The van der Waals surface area contributed by atoms with Gasteiger partial charge in [0.25, 0.3) is 5.56 Å². The summed E-state index contributed by atoms with van der Waals surface area (Å²) in [6.45, 7) is 4.13. The van der Waals surface area contributed by atoms with Gasteiger partial charge in [0, 0.05) is 5.69 Å². The molecule has 7 nitrogen and oxygen atoms in total. The van der Waals surface area contributed by atoms with Crippen molar-refractivity contribution in [1.82, 2.24) is 20.3 Å². The van der Waals surface area contributed by atoms with E-state index in [1.54, 1.807) is 18.2 Å². The molecule has 2 amide bonds. The molecule has 0 aliphatic heterocycles. The van der Waals surface area contributed by atoms with Crippen molar-refractivity contribution in [1.29, 1.82) is 0 Å². The lowest BCUT2D eigenvalue weighted by Gasteiger charge is -2.18. The number of urea groups is 1. The van der Waals surface area contributed by atoms with Gasteiger partial charge < -0.3 is 10.6 Å². The van der Waals surface area contributed by atoms with Crippen molar-refractivity contribution in [3.63, 3.8) is 0 Å². The number of aromatic nitrogens is 3. The fraction of sp³-hybridized carbons (Fsp3) is 0.263. The Bertz CT molecular complexity index is 983. The standard InChI is InChI=1S/C19H21N5O2/c1-3-14(20-19(26)21-16-10-6-4-8-13(16)2)12-24-18(25)15-9-5-7-11-17(15)22-23-24/h4-11,14H,3,12H2,1-2H3,(H2,20,21,26)/t14-/m1/s1. The highest BCUT2D eigenvalue weighted by Crippen LogP contribution is 2.13. The first-order valence-corrected chi connectivity index (χ1v) is 8.54. The van der Waals surface area contributed by atoms with Crippen LogP contribution in [0.25, 0.3) is 10.9 Å². The van der Waals surface area contributed by atoms with E-state index in [1.165, 1.54) is 4.68 Å². The Kier molecular flexibility index (Phi) is 5.26. The van der Waals surface area contributed by atoms with E-state index in [4.69, 9.17) is 0 Å². The van der Waals surface area contributed by atoms with Crippen LogP contribution in [0.2, 0.25) is 0 Å². The van der Waals surface area contributed by atoms with Crippen LogP contribution in [-0.2, 0) is 6.54 Å². The number of rotatable bonds is 5. The van der Waals surface area contributed by atoms with E-state index in [9.17, 15) is 9.59 Å². The summed E-state index contributed by atoms with van der Waals surface area (Å²) in [6.07, 6.45) is 0.655. The number of aryl methyl sites for hydroxylation is 1. The van der Waals surface area contributed by atoms with Gasteiger partial charge in [-0.25, -0.2) is 9.48 Å². The predicted octanol–water partition coefficient (Wildman–Crippen LogP) is 2.70. The average molecular weight is 351 g/mol. The van der Waals surface area contributed by atoms with Crippen molar-refractivity contribution in [3.8, 4) is 0 Å². The van der Waals surface area contributed by atoms with Crippen molar-refractivity contribution in [3.05, 3.63) is 64.4 Å². The summed E-state index contributed by atoms with van der Waals surface area (Å²) < 4.78 is 1.30. The second kappa shape index (κ2) is 7.77. The summed E-state index contributed by atoms with van der Waals surface area (Å²) in [5, 5.41) is 14.3. The molecule has 2 N–H and O–H groups in total. The van der Waals surface area contributed by atoms with Crippen molar-refractivity contribution in [2.45, 2.75) is 32.9 Å². The van der Waals surface area contributed by atoms with Gasteiger partial charge in [-0.2, -0.15) is 0 Å². The Morgan fingerprint density at radius 1 is 1.15 bits per heavy atom. The lowest BCUT2D eigenvalue weighted by atomic mass is 10.2. The van der Waals surface area contributed by atoms with Crippen LogP contribution in [0.1, 0.15) is 18.9 Å². The Morgan fingerprint density at radius 3 is 2.65 bits per heavy atom. The lowest BCUT2D eigenvalue weighted by Crippen LogP contribution is -2.42. The summed E-state index contributed by atoms with van der Waals surface area (Å²) in [4.78, 5) is 24.8. The number of benzene rings is 2. The van der Waals surface area contributed by atoms with Crippen LogP contribution in [0, 0.1) is 6.92 Å². The smallest absolute Gasteiger partial charge is 0.319 e. The van der Waals surface area contributed by atoms with Gasteiger partial charge in [0.2, 0.25) is 0 Å². The summed E-state index contributed by atoms with van der Waals surface area (Å²) in [5.74, 6) is 0. The number of carbonyl (C=O) groups excluding carboxylic acids is 1. The number of para-hydroxylation sites is 1. The van der Waals surface area contributed by atoms with E-state index < -0.39 is 0 Å². The molecule has 0 unspecified atom stereocenters. The maximum absolute atomic E-state index is 12.5. The van der Waals surface area contributed by atoms with E-state index in [0.29, 0.717) is 17.3 Å². The molecule has 2 aromatic carbocycles. The molecule has 26 heavy (non-hydrogen) atoms. The van der Waals surface area contributed by atoms with Crippen LogP contribution >= 0.6 is 0 Å². The molecule has 1 aromatic heterocycles. The van der Waals surface area contributed by atoms with E-state index >= 15 is 0 Å². The highest BCUT2D eigenvalue weighted by atomic mass is 16.2. The van der Waals surface area contributed by atoms with Crippen molar-refractivity contribution in [2.75, 3.05) is 5.32 Å². The van der Waals surface area contributed by atoms with Gasteiger partial charge in [0.15, 0.2) is 0 Å². The molecule has 0 spiro atoms. The second-order valence-electron chi connectivity index (χ2n) is 6.11. The van der Waals surface area contributed by atoms with Crippen molar-refractivity contribution in [2.24, 2.45) is 0 Å². The first-order valence-electron chi connectivity index (χ1n) is 8.54. The molecule has 0 fully saturated rings. The van der Waals surface area contributed by atoms with Gasteiger partial charge in [-0.15, -0.1) is 5.10 Å². The molecule has 0 aliphatic carbocycles. The monoisotopic (exact) mass is 351 g/mol. The normalized spacial score (nSPS) is 11.9. The molecular formula is C19H21N5O2. The van der Waals surface area contributed by atoms with Gasteiger partial charge >= 0.3 is 6.03 Å². The Morgan fingerprint density at radius 2 is 1.88 bits per heavy atom. The molecule has 0 saturated heterocycles. The van der Waals surface area contributed by atoms with Crippen molar-refractivity contribution >= 4 is 22.6 Å². The maximum Gasteiger partial charge on any atom is 0.319 e. The second-order valence-corrected chi connectivity index (χ2v) is 6.11. The lowest BCUT2D eigenvalue weighted by molar-refractivity contribution is 0.245. The SMILES string of the molecule is CC[C@H](Cn1nnc2ccccc2c1=O)NC(=O)Nc1ccccc1C. The van der Waals surface area contributed by atoms with Gasteiger partial charge in [-0.1, -0.05) is 42.5 Å². The average Bonchev–Trinajstić information content (AvgIpc) is 2.65. The number of amides is 2. The summed E-state index contributed by atoms with van der Waals surface area (Å²) in [5.41, 5.74) is 2.08. The molecule has 1 atom stereocenters. The number of carbonyl (C=O) groups is 1. The molecular weight excluding hydrogens is 330 g/mol. The Labute approximate surface area is 151 Å². The zero-order chi connectivity index (χ0) is 18.5. The Hall–Kier alpha value is -3.22. The number of anilines is 1. The highest BCUT2D eigenvalue weighted by molar-refractivity contribution is 5.90. The molecule has 134 valence electrons. The fourth-order valence-corrected chi connectivity index (χ4v) is 2.69. The van der Waals surface area contributed by atoms with Crippen LogP contribution in [0.4, 0.5) is 10.5 Å². The number of nitrogens with zero attached hydrogens (tertiary/aromatic N) is 3. The number of nitrogens with one attached hydrogen (secondary N) is 2. The maximum atomic E-state index is 12.5. The number of hydrogen-bond donors (Lipinski definition) is 2. The van der Waals surface area contributed by atoms with Crippen LogP contribution in [0.15, 0.2) is 53.3 Å². The summed E-state index contributed by atoms with van der Waals surface area (Å²) in [6, 6.07) is 14.1. The first-order chi connectivity index (χ1) is 12.6. The summed E-state index contributed by atoms with van der Waals surface area (Å²) >= 11 is 0. The minimum absolute atomic E-state index is 0.213. The van der Waals surface area contributed by atoms with Crippen LogP contribution < -0.4 is 16.2 Å². The molecule has 0 radical (unpaired) electrons. The van der Waals surface area contributed by atoms with E-state index in [0.717, 1.165) is 11.3 Å². The van der Waals surface area contributed by atoms with Crippen molar-refractivity contribution < 1.29 is 4.79 Å². The number of fused-ring (bicyclic) bond motifs is 1. The van der Waals surface area contributed by atoms with E-state index in [2.05, 4.69) is 20.9 Å². The quantitative estimate of drug-likeness (QED) is 0.740. The zero-order valence-electron chi connectivity index (χ0n) is 14.8. The molecule has 3 aromatic rings. The van der Waals surface area contributed by atoms with E-state index in [-0.39, 0.29) is 24.2 Å². The minimum Gasteiger partial charge on any atom is -0.333 e. The fourth-order valence-electron chi connectivity index (χ4n) is 2.69. The molecule has 0 aliphatic rings. The minimum atomic E-state index is -0.312. The molecule has 7 heteroatoms. The van der Waals surface area contributed by atoms with E-state index in [1.807, 2.05) is 44.2 Å². The third-order valence-electron chi connectivity index (χ3n) is 4.24.